The molecule has 2 saturated carbocycles. The lowest BCUT2D eigenvalue weighted by Gasteiger charge is -2.48. The summed E-state index contributed by atoms with van der Waals surface area (Å²) in [4.78, 5) is 42.5. The Bertz CT molecular complexity index is 1630. The SMILES string of the molecule is COc1cccc(C#N)c1CNC(=O)C1(C)COc2c(oc3cc(C(=O)NC4CCC4)ccc23)C(=O)N1[C@H]1C[C@@H](OC)C1. The Balaban J connectivity index is 1.30. The molecule has 1 aromatic heterocycles. The minimum Gasteiger partial charge on any atom is -0.496 e. The number of nitriles is 1. The Morgan fingerprint density at radius 3 is 2.65 bits per heavy atom. The molecular formula is C32H34N4O7. The summed E-state index contributed by atoms with van der Waals surface area (Å²) in [7, 11) is 3.12. The van der Waals surface area contributed by atoms with Crippen LogP contribution >= 0.6 is 0 Å². The van der Waals surface area contributed by atoms with E-state index in [-0.39, 0.29) is 48.8 Å². The highest BCUT2D eigenvalue weighted by atomic mass is 16.5. The molecule has 0 radical (unpaired) electrons. The van der Waals surface area contributed by atoms with Gasteiger partial charge in [-0.25, -0.2) is 0 Å². The first-order chi connectivity index (χ1) is 20.8. The molecule has 43 heavy (non-hydrogen) atoms. The first-order valence-electron chi connectivity index (χ1n) is 14.5. The zero-order valence-electron chi connectivity index (χ0n) is 24.4. The van der Waals surface area contributed by atoms with Gasteiger partial charge in [-0.2, -0.15) is 5.26 Å². The number of carbonyl (C=O) groups is 3. The van der Waals surface area contributed by atoms with E-state index in [1.165, 1.54) is 7.11 Å². The maximum atomic E-state index is 14.2. The summed E-state index contributed by atoms with van der Waals surface area (Å²) >= 11 is 0. The topological polar surface area (TPSA) is 143 Å². The molecule has 224 valence electrons. The third-order valence-electron chi connectivity index (χ3n) is 8.95. The van der Waals surface area contributed by atoms with Crippen molar-refractivity contribution in [3.8, 4) is 17.6 Å². The molecule has 3 aromatic rings. The van der Waals surface area contributed by atoms with E-state index in [0.717, 1.165) is 19.3 Å². The molecule has 2 N–H and O–H groups in total. The van der Waals surface area contributed by atoms with E-state index < -0.39 is 17.4 Å². The van der Waals surface area contributed by atoms with Gasteiger partial charge in [-0.3, -0.25) is 14.4 Å². The number of carbonyl (C=O) groups excluding carboxylic acids is 3. The van der Waals surface area contributed by atoms with Gasteiger partial charge in [-0.15, -0.1) is 0 Å². The number of ether oxygens (including phenoxy) is 3. The minimum absolute atomic E-state index is 0.0135. The molecule has 3 amide bonds. The maximum absolute atomic E-state index is 14.2. The van der Waals surface area contributed by atoms with Crippen molar-refractivity contribution < 1.29 is 33.0 Å². The summed E-state index contributed by atoms with van der Waals surface area (Å²) in [5.41, 5.74) is 0.298. The second-order valence-corrected chi connectivity index (χ2v) is 11.6. The van der Waals surface area contributed by atoms with Crippen LogP contribution in [-0.2, 0) is 16.1 Å². The summed E-state index contributed by atoms with van der Waals surface area (Å²) in [6.07, 6.45) is 4.12. The predicted octanol–water partition coefficient (Wildman–Crippen LogP) is 3.68. The van der Waals surface area contributed by atoms with Crippen molar-refractivity contribution in [3.05, 3.63) is 58.8 Å². The van der Waals surface area contributed by atoms with Crippen LogP contribution in [0.25, 0.3) is 11.0 Å². The molecule has 2 heterocycles. The predicted molar refractivity (Wildman–Crippen MR) is 155 cm³/mol. The fraction of sp³-hybridized carbons (Fsp3) is 0.438. The van der Waals surface area contributed by atoms with Crippen molar-refractivity contribution in [2.24, 2.45) is 0 Å². The Morgan fingerprint density at radius 2 is 1.98 bits per heavy atom. The minimum atomic E-state index is -1.41. The molecule has 3 aliphatic rings. The van der Waals surface area contributed by atoms with Crippen LogP contribution < -0.4 is 20.1 Å². The van der Waals surface area contributed by atoms with Crippen LogP contribution in [0.5, 0.6) is 11.5 Å². The number of amides is 3. The van der Waals surface area contributed by atoms with Crippen LogP contribution in [0.4, 0.5) is 0 Å². The van der Waals surface area contributed by atoms with Crippen LogP contribution in [0.15, 0.2) is 40.8 Å². The number of fused-ring (bicyclic) bond motifs is 3. The highest BCUT2D eigenvalue weighted by Gasteiger charge is 2.53. The molecule has 2 aromatic carbocycles. The van der Waals surface area contributed by atoms with Gasteiger partial charge in [0.2, 0.25) is 11.7 Å². The number of hydrogen-bond donors (Lipinski definition) is 2. The Hall–Kier alpha value is -4.56. The Morgan fingerprint density at radius 1 is 1.19 bits per heavy atom. The number of rotatable bonds is 8. The summed E-state index contributed by atoms with van der Waals surface area (Å²) in [5.74, 6) is -0.404. The third kappa shape index (κ3) is 4.95. The van der Waals surface area contributed by atoms with Crippen molar-refractivity contribution in [1.82, 2.24) is 15.5 Å². The monoisotopic (exact) mass is 586 g/mol. The fourth-order valence-electron chi connectivity index (χ4n) is 6.02. The lowest BCUT2D eigenvalue weighted by atomic mass is 9.83. The molecule has 2 aliphatic carbocycles. The maximum Gasteiger partial charge on any atom is 0.294 e. The normalized spacial score (nSPS) is 23.2. The van der Waals surface area contributed by atoms with Gasteiger partial charge in [0, 0.05) is 36.9 Å². The van der Waals surface area contributed by atoms with Gasteiger partial charge in [0.25, 0.3) is 11.8 Å². The van der Waals surface area contributed by atoms with Crippen molar-refractivity contribution in [2.45, 2.75) is 69.3 Å². The van der Waals surface area contributed by atoms with Crippen molar-refractivity contribution >= 4 is 28.7 Å². The molecule has 2 fully saturated rings. The second kappa shape index (κ2) is 11.3. The number of benzene rings is 2. The molecule has 0 saturated heterocycles. The molecule has 11 nitrogen and oxygen atoms in total. The molecule has 0 bridgehead atoms. The zero-order chi connectivity index (χ0) is 30.3. The molecule has 6 rings (SSSR count). The summed E-state index contributed by atoms with van der Waals surface area (Å²) in [5, 5.41) is 16.1. The second-order valence-electron chi connectivity index (χ2n) is 11.6. The fourth-order valence-corrected chi connectivity index (χ4v) is 6.02. The molecule has 1 unspecified atom stereocenters. The zero-order valence-corrected chi connectivity index (χ0v) is 24.4. The van der Waals surface area contributed by atoms with Crippen molar-refractivity contribution in [1.29, 1.82) is 5.26 Å². The van der Waals surface area contributed by atoms with Gasteiger partial charge < -0.3 is 34.2 Å². The summed E-state index contributed by atoms with van der Waals surface area (Å²) in [6, 6.07) is 12.1. The third-order valence-corrected chi connectivity index (χ3v) is 8.95. The average molecular weight is 587 g/mol. The lowest BCUT2D eigenvalue weighted by molar-refractivity contribution is -0.138. The van der Waals surface area contributed by atoms with E-state index in [2.05, 4.69) is 16.7 Å². The lowest BCUT2D eigenvalue weighted by Crippen LogP contribution is -2.66. The smallest absolute Gasteiger partial charge is 0.294 e. The Labute approximate surface area is 249 Å². The van der Waals surface area contributed by atoms with Gasteiger partial charge in [-0.05, 0) is 69.4 Å². The van der Waals surface area contributed by atoms with E-state index in [1.54, 1.807) is 55.3 Å². The molecule has 11 heteroatoms. The number of hydrogen-bond acceptors (Lipinski definition) is 8. The highest BCUT2D eigenvalue weighted by Crippen LogP contribution is 2.42. The van der Waals surface area contributed by atoms with Crippen LogP contribution in [0.3, 0.4) is 0 Å². The van der Waals surface area contributed by atoms with Gasteiger partial charge in [0.05, 0.1) is 30.2 Å². The number of furan rings is 1. The average Bonchev–Trinajstić information content (AvgIpc) is 3.30. The van der Waals surface area contributed by atoms with E-state index in [4.69, 9.17) is 18.6 Å². The number of nitrogens with one attached hydrogen (secondary N) is 2. The molecule has 0 spiro atoms. The van der Waals surface area contributed by atoms with Gasteiger partial charge in [0.1, 0.15) is 17.9 Å². The van der Waals surface area contributed by atoms with Crippen LogP contribution in [0.2, 0.25) is 0 Å². The van der Waals surface area contributed by atoms with Crippen LogP contribution in [0, 0.1) is 11.3 Å². The number of nitrogens with zero attached hydrogens (tertiary/aromatic N) is 2. The van der Waals surface area contributed by atoms with Crippen LogP contribution in [0.1, 0.15) is 71.1 Å². The molecule has 1 aliphatic heterocycles. The largest absolute Gasteiger partial charge is 0.496 e. The van der Waals surface area contributed by atoms with E-state index in [9.17, 15) is 19.6 Å². The summed E-state index contributed by atoms with van der Waals surface area (Å²) < 4.78 is 23.2. The van der Waals surface area contributed by atoms with E-state index in [0.29, 0.717) is 46.3 Å². The first kappa shape index (κ1) is 28.6. The van der Waals surface area contributed by atoms with Crippen LogP contribution in [-0.4, -0.2) is 67.2 Å². The summed E-state index contributed by atoms with van der Waals surface area (Å²) in [6.45, 7) is 1.55. The Kier molecular flexibility index (Phi) is 7.48. The van der Waals surface area contributed by atoms with Gasteiger partial charge in [0.15, 0.2) is 11.3 Å². The first-order valence-corrected chi connectivity index (χ1v) is 14.5. The van der Waals surface area contributed by atoms with Crippen molar-refractivity contribution in [3.63, 3.8) is 0 Å². The molecular weight excluding hydrogens is 552 g/mol. The van der Waals surface area contributed by atoms with Gasteiger partial charge >= 0.3 is 0 Å². The van der Waals surface area contributed by atoms with E-state index in [1.807, 2.05) is 0 Å². The molecule has 1 atom stereocenters. The number of methoxy groups -OCH3 is 2. The van der Waals surface area contributed by atoms with Crippen molar-refractivity contribution in [2.75, 3.05) is 20.8 Å². The highest BCUT2D eigenvalue weighted by molar-refractivity contribution is 6.06. The van der Waals surface area contributed by atoms with Gasteiger partial charge in [-0.1, -0.05) is 6.07 Å². The van der Waals surface area contributed by atoms with E-state index >= 15 is 0 Å². The standard InChI is InChI=1S/C32H34N4O7/c1-32(31(39)34-16-24-19(15-33)6-4-9-25(24)41-3)17-42-27-23-11-10-18(29(37)35-20-7-5-8-20)12-26(23)43-28(27)30(38)36(32)21-13-22(14-21)40-2/h4,6,9-12,20-22H,5,7-8,13-14,16-17H2,1-3H3,(H,34,39)(H,35,37)/t21-,22+,32?. The quantitative estimate of drug-likeness (QED) is 0.407.